The molecule has 0 aliphatic carbocycles. The number of methoxy groups -OCH3 is 1. The second-order valence-corrected chi connectivity index (χ2v) is 4.53. The standard InChI is InChI=1S/C15H18N2O2/c1-10-14(11(2)18)9-16-15(17-10)8-12-4-6-13(19-3)7-5-12/h4-7,9,11,18H,8H2,1-3H3/t11-/m1/s1. The molecule has 1 N–H and O–H groups in total. The molecule has 19 heavy (non-hydrogen) atoms. The van der Waals surface area contributed by atoms with Crippen molar-refractivity contribution in [3.05, 3.63) is 53.1 Å². The van der Waals surface area contributed by atoms with Gasteiger partial charge in [-0.1, -0.05) is 12.1 Å². The minimum atomic E-state index is -0.532. The number of hydrogen-bond acceptors (Lipinski definition) is 4. The highest BCUT2D eigenvalue weighted by Crippen LogP contribution is 2.16. The molecule has 0 fully saturated rings. The lowest BCUT2D eigenvalue weighted by Crippen LogP contribution is -2.04. The first-order valence-electron chi connectivity index (χ1n) is 6.23. The fourth-order valence-electron chi connectivity index (χ4n) is 1.95. The molecule has 100 valence electrons. The predicted molar refractivity (Wildman–Crippen MR) is 73.2 cm³/mol. The number of benzene rings is 1. The molecule has 1 aromatic carbocycles. The maximum atomic E-state index is 9.55. The summed E-state index contributed by atoms with van der Waals surface area (Å²) in [5, 5.41) is 9.55. The zero-order valence-corrected chi connectivity index (χ0v) is 11.4. The van der Waals surface area contributed by atoms with Crippen molar-refractivity contribution in [2.24, 2.45) is 0 Å². The Hall–Kier alpha value is -1.94. The van der Waals surface area contributed by atoms with Crippen LogP contribution in [0.25, 0.3) is 0 Å². The van der Waals surface area contributed by atoms with Gasteiger partial charge in [-0.05, 0) is 31.5 Å². The molecule has 1 atom stereocenters. The zero-order chi connectivity index (χ0) is 13.8. The van der Waals surface area contributed by atoms with Gasteiger partial charge in [0.25, 0.3) is 0 Å². The molecular formula is C15H18N2O2. The zero-order valence-electron chi connectivity index (χ0n) is 11.4. The highest BCUT2D eigenvalue weighted by atomic mass is 16.5. The highest BCUT2D eigenvalue weighted by molar-refractivity contribution is 5.29. The van der Waals surface area contributed by atoms with Crippen LogP contribution in [0.2, 0.25) is 0 Å². The highest BCUT2D eigenvalue weighted by Gasteiger charge is 2.08. The van der Waals surface area contributed by atoms with Crippen molar-refractivity contribution in [1.29, 1.82) is 0 Å². The maximum Gasteiger partial charge on any atom is 0.132 e. The quantitative estimate of drug-likeness (QED) is 0.915. The smallest absolute Gasteiger partial charge is 0.132 e. The van der Waals surface area contributed by atoms with Crippen LogP contribution in [0.4, 0.5) is 0 Å². The van der Waals surface area contributed by atoms with Gasteiger partial charge in [0.05, 0.1) is 13.2 Å². The van der Waals surface area contributed by atoms with Gasteiger partial charge < -0.3 is 9.84 Å². The van der Waals surface area contributed by atoms with E-state index in [2.05, 4.69) is 9.97 Å². The van der Waals surface area contributed by atoms with Gasteiger partial charge in [-0.2, -0.15) is 0 Å². The van der Waals surface area contributed by atoms with Gasteiger partial charge in [0, 0.05) is 23.9 Å². The second-order valence-electron chi connectivity index (χ2n) is 4.53. The Bertz CT molecular complexity index is 551. The Kier molecular flexibility index (Phi) is 4.12. The van der Waals surface area contributed by atoms with Crippen LogP contribution in [-0.4, -0.2) is 22.2 Å². The number of rotatable bonds is 4. The van der Waals surface area contributed by atoms with Crippen molar-refractivity contribution >= 4 is 0 Å². The maximum absolute atomic E-state index is 9.55. The molecule has 0 aliphatic rings. The first-order chi connectivity index (χ1) is 9.10. The van der Waals surface area contributed by atoms with Crippen LogP contribution < -0.4 is 4.74 Å². The lowest BCUT2D eigenvalue weighted by molar-refractivity contribution is 0.197. The Morgan fingerprint density at radius 2 is 1.95 bits per heavy atom. The summed E-state index contributed by atoms with van der Waals surface area (Å²) >= 11 is 0. The number of aliphatic hydroxyl groups is 1. The molecule has 0 radical (unpaired) electrons. The van der Waals surface area contributed by atoms with Gasteiger partial charge in [-0.25, -0.2) is 9.97 Å². The van der Waals surface area contributed by atoms with E-state index >= 15 is 0 Å². The van der Waals surface area contributed by atoms with E-state index in [1.54, 1.807) is 20.2 Å². The van der Waals surface area contributed by atoms with Crippen molar-refractivity contribution in [2.75, 3.05) is 7.11 Å². The number of ether oxygens (including phenoxy) is 1. The molecule has 0 aliphatic heterocycles. The number of nitrogens with zero attached hydrogens (tertiary/aromatic N) is 2. The van der Waals surface area contributed by atoms with E-state index in [1.807, 2.05) is 31.2 Å². The van der Waals surface area contributed by atoms with Gasteiger partial charge in [0.2, 0.25) is 0 Å². The van der Waals surface area contributed by atoms with Gasteiger partial charge >= 0.3 is 0 Å². The lowest BCUT2D eigenvalue weighted by Gasteiger charge is -2.09. The summed E-state index contributed by atoms with van der Waals surface area (Å²) in [7, 11) is 1.65. The molecule has 4 nitrogen and oxygen atoms in total. The third kappa shape index (κ3) is 3.29. The average Bonchev–Trinajstić information content (AvgIpc) is 2.39. The van der Waals surface area contributed by atoms with E-state index in [4.69, 9.17) is 4.74 Å². The van der Waals surface area contributed by atoms with Crippen LogP contribution in [0.5, 0.6) is 5.75 Å². The normalized spacial score (nSPS) is 12.2. The Labute approximate surface area is 113 Å². The minimum absolute atomic E-state index is 0.532. The summed E-state index contributed by atoms with van der Waals surface area (Å²) in [6, 6.07) is 7.85. The summed E-state index contributed by atoms with van der Waals surface area (Å²) in [5.74, 6) is 1.59. The number of hydrogen-bond donors (Lipinski definition) is 1. The molecular weight excluding hydrogens is 240 g/mol. The number of aryl methyl sites for hydroxylation is 1. The molecule has 0 amide bonds. The van der Waals surface area contributed by atoms with Crippen LogP contribution in [0, 0.1) is 6.92 Å². The van der Waals surface area contributed by atoms with Crippen molar-refractivity contribution in [1.82, 2.24) is 9.97 Å². The lowest BCUT2D eigenvalue weighted by atomic mass is 10.1. The topological polar surface area (TPSA) is 55.2 Å². The van der Waals surface area contributed by atoms with Crippen LogP contribution in [0.15, 0.2) is 30.5 Å². The molecule has 2 rings (SSSR count). The number of aromatic nitrogens is 2. The molecule has 1 aromatic heterocycles. The average molecular weight is 258 g/mol. The second kappa shape index (κ2) is 5.80. The molecule has 4 heteroatoms. The SMILES string of the molecule is COc1ccc(Cc2ncc([C@@H](C)O)c(C)n2)cc1. The van der Waals surface area contributed by atoms with Gasteiger partial charge in [0.15, 0.2) is 0 Å². The van der Waals surface area contributed by atoms with Gasteiger partial charge in [-0.15, -0.1) is 0 Å². The molecule has 0 bridgehead atoms. The summed E-state index contributed by atoms with van der Waals surface area (Å²) in [4.78, 5) is 8.73. The fourth-order valence-corrected chi connectivity index (χ4v) is 1.95. The molecule has 1 heterocycles. The molecule has 0 spiro atoms. The van der Waals surface area contributed by atoms with E-state index < -0.39 is 6.10 Å². The van der Waals surface area contributed by atoms with Gasteiger partial charge in [-0.3, -0.25) is 0 Å². The Balaban J connectivity index is 2.16. The first kappa shape index (κ1) is 13.5. The van der Waals surface area contributed by atoms with Crippen LogP contribution in [-0.2, 0) is 6.42 Å². The fraction of sp³-hybridized carbons (Fsp3) is 0.333. The number of aliphatic hydroxyl groups excluding tert-OH is 1. The third-order valence-electron chi connectivity index (χ3n) is 3.04. The van der Waals surface area contributed by atoms with E-state index in [-0.39, 0.29) is 0 Å². The third-order valence-corrected chi connectivity index (χ3v) is 3.04. The largest absolute Gasteiger partial charge is 0.497 e. The van der Waals surface area contributed by atoms with Crippen LogP contribution in [0.1, 0.15) is 35.7 Å². The summed E-state index contributed by atoms with van der Waals surface area (Å²) < 4.78 is 5.12. The van der Waals surface area contributed by atoms with Crippen molar-refractivity contribution in [3.63, 3.8) is 0 Å². The Morgan fingerprint density at radius 3 is 2.47 bits per heavy atom. The van der Waals surface area contributed by atoms with E-state index in [1.165, 1.54) is 0 Å². The minimum Gasteiger partial charge on any atom is -0.497 e. The molecule has 2 aromatic rings. The summed E-state index contributed by atoms with van der Waals surface area (Å²) in [6.07, 6.45) is 1.84. The monoisotopic (exact) mass is 258 g/mol. The predicted octanol–water partition coefficient (Wildman–Crippen LogP) is 2.44. The first-order valence-corrected chi connectivity index (χ1v) is 6.23. The van der Waals surface area contributed by atoms with Gasteiger partial charge in [0.1, 0.15) is 11.6 Å². The van der Waals surface area contributed by atoms with Crippen molar-refractivity contribution in [3.8, 4) is 5.75 Å². The Morgan fingerprint density at radius 1 is 1.26 bits per heavy atom. The van der Waals surface area contributed by atoms with Crippen LogP contribution in [0.3, 0.4) is 0 Å². The van der Waals surface area contributed by atoms with E-state index in [0.29, 0.717) is 6.42 Å². The van der Waals surface area contributed by atoms with Crippen molar-refractivity contribution < 1.29 is 9.84 Å². The summed E-state index contributed by atoms with van der Waals surface area (Å²) in [5.41, 5.74) is 2.73. The van der Waals surface area contributed by atoms with Crippen molar-refractivity contribution in [2.45, 2.75) is 26.4 Å². The van der Waals surface area contributed by atoms with Crippen LogP contribution >= 0.6 is 0 Å². The van der Waals surface area contributed by atoms with E-state index in [0.717, 1.165) is 28.4 Å². The molecule has 0 unspecified atom stereocenters. The molecule has 0 saturated carbocycles. The van der Waals surface area contributed by atoms with E-state index in [9.17, 15) is 5.11 Å². The molecule has 0 saturated heterocycles. The summed E-state index contributed by atoms with van der Waals surface area (Å²) in [6.45, 7) is 3.61.